The van der Waals surface area contributed by atoms with E-state index in [1.54, 1.807) is 36.3 Å². The van der Waals surface area contributed by atoms with Gasteiger partial charge in [0.25, 0.3) is 5.19 Å². The number of hydrogen-bond donors (Lipinski definition) is 0. The molecule has 212 valence electrons. The maximum atomic E-state index is 12.9. The van der Waals surface area contributed by atoms with E-state index in [9.17, 15) is 4.21 Å². The molecular weight excluding hydrogens is 573 g/mol. The lowest BCUT2D eigenvalue weighted by Gasteiger charge is -2.37. The molecule has 1 aromatic carbocycles. The minimum absolute atomic E-state index is 0.0231. The number of aromatic nitrogens is 4. The first kappa shape index (κ1) is 26.9. The van der Waals surface area contributed by atoms with Gasteiger partial charge >= 0.3 is 0 Å². The molecule has 0 bridgehead atoms. The number of anilines is 1. The number of fused-ring (bicyclic) bond motifs is 2. The zero-order chi connectivity index (χ0) is 28.0. The molecule has 1 aliphatic heterocycles. The van der Waals surface area contributed by atoms with Crippen LogP contribution in [-0.4, -0.2) is 79.6 Å². The number of furan rings is 1. The van der Waals surface area contributed by atoms with Crippen molar-refractivity contribution in [1.29, 1.82) is 0 Å². The zero-order valence-electron chi connectivity index (χ0n) is 22.7. The Morgan fingerprint density at radius 1 is 1.12 bits per heavy atom. The fourth-order valence-electron chi connectivity index (χ4n) is 4.48. The third-order valence-electron chi connectivity index (χ3n) is 6.86. The summed E-state index contributed by atoms with van der Waals surface area (Å²) in [6.07, 6.45) is 1.80. The highest BCUT2D eigenvalue weighted by Gasteiger charge is 2.26. The summed E-state index contributed by atoms with van der Waals surface area (Å²) in [6, 6.07) is 5.59. The molecule has 1 unspecified atom stereocenters. The number of hydrogen-bond acceptors (Lipinski definition) is 11. The summed E-state index contributed by atoms with van der Waals surface area (Å²) in [6.45, 7) is 7.15. The number of ether oxygens (including phenoxy) is 3. The first-order chi connectivity index (χ1) is 19.2. The molecule has 6 rings (SSSR count). The highest BCUT2D eigenvalue weighted by molar-refractivity contribution is 7.98. The minimum atomic E-state index is -2.25. The van der Waals surface area contributed by atoms with Crippen molar-refractivity contribution in [2.45, 2.75) is 25.7 Å². The van der Waals surface area contributed by atoms with Crippen molar-refractivity contribution in [3.05, 3.63) is 35.5 Å². The minimum Gasteiger partial charge on any atom is -0.496 e. The van der Waals surface area contributed by atoms with Gasteiger partial charge in [0.2, 0.25) is 4.96 Å². The van der Waals surface area contributed by atoms with Gasteiger partial charge in [0.15, 0.2) is 10.9 Å². The predicted octanol–water partition coefficient (Wildman–Crippen LogP) is 4.42. The van der Waals surface area contributed by atoms with E-state index in [4.69, 9.17) is 23.6 Å². The van der Waals surface area contributed by atoms with Crippen molar-refractivity contribution in [3.63, 3.8) is 0 Å². The smallest absolute Gasteiger partial charge is 0.294 e. The Hall–Kier alpha value is -3.33. The van der Waals surface area contributed by atoms with Crippen molar-refractivity contribution in [2.75, 3.05) is 45.3 Å². The van der Waals surface area contributed by atoms with E-state index in [1.165, 1.54) is 11.3 Å². The van der Waals surface area contributed by atoms with Crippen LogP contribution >= 0.6 is 22.7 Å². The maximum Gasteiger partial charge on any atom is 0.294 e. The molecule has 11 nitrogen and oxygen atoms in total. The van der Waals surface area contributed by atoms with Gasteiger partial charge in [0, 0.05) is 58.6 Å². The van der Waals surface area contributed by atoms with Crippen LogP contribution < -0.4 is 19.1 Å². The average Bonchev–Trinajstić information content (AvgIpc) is 3.74. The van der Waals surface area contributed by atoms with E-state index < -0.39 is 9.71 Å². The third kappa shape index (κ3) is 5.00. The molecule has 0 spiro atoms. The van der Waals surface area contributed by atoms with Gasteiger partial charge in [-0.3, -0.25) is 4.21 Å². The predicted molar refractivity (Wildman–Crippen MR) is 160 cm³/mol. The number of benzene rings is 1. The highest BCUT2D eigenvalue weighted by atomic mass is 32.2. The molecule has 0 radical (unpaired) electrons. The summed E-state index contributed by atoms with van der Waals surface area (Å²) in [4.78, 5) is 12.4. The standard InChI is InChI=1S/C26H30N6O5S3/c1-16(2)40(5,33)31-8-6-30(7-9-31)24-27-17(15-38-24)14-36-21-10-18(34-3)11-22-19(21)12-23(37-22)20-13-32-25(28-20)39-26(29-32)35-4/h10-13,15-16H,5-9,14H2,1-4H3. The molecule has 0 amide bonds. The lowest BCUT2D eigenvalue weighted by atomic mass is 10.2. The Labute approximate surface area is 240 Å². The first-order valence-electron chi connectivity index (χ1n) is 12.7. The highest BCUT2D eigenvalue weighted by Crippen LogP contribution is 2.38. The van der Waals surface area contributed by atoms with Crippen LogP contribution in [0.15, 0.2) is 34.2 Å². The third-order valence-corrected chi connectivity index (χ3v) is 11.4. The summed E-state index contributed by atoms with van der Waals surface area (Å²) in [5, 5.41) is 8.66. The van der Waals surface area contributed by atoms with E-state index in [-0.39, 0.29) is 5.25 Å². The Morgan fingerprint density at radius 3 is 2.62 bits per heavy atom. The van der Waals surface area contributed by atoms with E-state index in [0.29, 0.717) is 58.4 Å². The Morgan fingerprint density at radius 2 is 1.93 bits per heavy atom. The molecule has 14 heteroatoms. The van der Waals surface area contributed by atoms with Crippen molar-refractivity contribution in [1.82, 2.24) is 23.9 Å². The molecule has 5 aromatic rings. The Balaban J connectivity index is 1.17. The van der Waals surface area contributed by atoms with Crippen molar-refractivity contribution >= 4 is 59.3 Å². The quantitative estimate of drug-likeness (QED) is 0.227. The molecule has 1 atom stereocenters. The van der Waals surface area contributed by atoms with Gasteiger partial charge in [-0.2, -0.15) is 0 Å². The summed E-state index contributed by atoms with van der Waals surface area (Å²) in [5.74, 6) is 5.85. The summed E-state index contributed by atoms with van der Waals surface area (Å²) in [5.41, 5.74) is 2.13. The molecule has 0 saturated carbocycles. The SMILES string of the molecule is C=S(=O)(C(C)C)N1CCN(c2nc(COc3cc(OC)cc4oc(-c5cn6nc(OC)sc6n5)cc34)cs2)CC1. The van der Waals surface area contributed by atoms with Gasteiger partial charge in [-0.05, 0) is 23.3 Å². The lowest BCUT2D eigenvalue weighted by Crippen LogP contribution is -2.50. The van der Waals surface area contributed by atoms with Gasteiger partial charge in [-0.1, -0.05) is 13.8 Å². The molecule has 5 heterocycles. The van der Waals surface area contributed by atoms with Gasteiger partial charge in [0.1, 0.15) is 29.4 Å². The van der Waals surface area contributed by atoms with Crippen LogP contribution in [0.2, 0.25) is 0 Å². The monoisotopic (exact) mass is 602 g/mol. The van der Waals surface area contributed by atoms with Crippen LogP contribution in [0.4, 0.5) is 5.13 Å². The summed E-state index contributed by atoms with van der Waals surface area (Å²) >= 11 is 2.94. The molecule has 1 aliphatic rings. The van der Waals surface area contributed by atoms with Gasteiger partial charge in [-0.15, -0.1) is 16.4 Å². The average molecular weight is 603 g/mol. The Bertz CT molecular complexity index is 1730. The Kier molecular flexibility index (Phi) is 7.10. The van der Waals surface area contributed by atoms with Gasteiger partial charge in [-0.25, -0.2) is 18.8 Å². The van der Waals surface area contributed by atoms with Crippen molar-refractivity contribution in [3.8, 4) is 28.1 Å². The van der Waals surface area contributed by atoms with Crippen LogP contribution in [0.1, 0.15) is 19.5 Å². The molecule has 0 N–H and O–H groups in total. The van der Waals surface area contributed by atoms with Crippen molar-refractivity contribution in [2.24, 2.45) is 0 Å². The number of thiazole rings is 1. The van der Waals surface area contributed by atoms with Crippen LogP contribution in [0.25, 0.3) is 27.4 Å². The second kappa shape index (κ2) is 10.6. The maximum absolute atomic E-state index is 12.9. The number of piperazine rings is 1. The normalized spacial score (nSPS) is 16.2. The zero-order valence-corrected chi connectivity index (χ0v) is 25.1. The summed E-state index contributed by atoms with van der Waals surface area (Å²) < 4.78 is 39.7. The molecule has 40 heavy (non-hydrogen) atoms. The lowest BCUT2D eigenvalue weighted by molar-refractivity contribution is 0.303. The molecular formula is C26H30N6O5S3. The van der Waals surface area contributed by atoms with Crippen LogP contribution in [0.3, 0.4) is 0 Å². The molecule has 1 saturated heterocycles. The van der Waals surface area contributed by atoms with E-state index in [0.717, 1.165) is 29.3 Å². The number of imidazole rings is 1. The molecule has 4 aromatic heterocycles. The van der Waals surface area contributed by atoms with Crippen LogP contribution in [0, 0.1) is 0 Å². The second-order valence-electron chi connectivity index (χ2n) is 9.64. The van der Waals surface area contributed by atoms with Gasteiger partial charge in [0.05, 0.1) is 31.5 Å². The fraction of sp³-hybridized carbons (Fsp3) is 0.385. The number of nitrogens with zero attached hydrogens (tertiary/aromatic N) is 6. The number of methoxy groups -OCH3 is 2. The largest absolute Gasteiger partial charge is 0.496 e. The second-order valence-corrected chi connectivity index (χ2v) is 14.2. The van der Waals surface area contributed by atoms with E-state index >= 15 is 0 Å². The van der Waals surface area contributed by atoms with Crippen LogP contribution in [0.5, 0.6) is 16.7 Å². The molecule has 1 fully saturated rings. The fourth-order valence-corrected chi connectivity index (χ4v) is 7.42. The summed E-state index contributed by atoms with van der Waals surface area (Å²) in [7, 11) is 0.943. The first-order valence-corrected chi connectivity index (χ1v) is 16.1. The van der Waals surface area contributed by atoms with Gasteiger partial charge < -0.3 is 23.5 Å². The van der Waals surface area contributed by atoms with Crippen LogP contribution in [-0.2, 0) is 16.3 Å². The van der Waals surface area contributed by atoms with E-state index in [1.807, 2.05) is 41.7 Å². The van der Waals surface area contributed by atoms with E-state index in [2.05, 4.69) is 20.9 Å². The van der Waals surface area contributed by atoms with Crippen molar-refractivity contribution < 1.29 is 22.8 Å². The molecule has 0 aliphatic carbocycles. The topological polar surface area (TPSA) is 107 Å². The number of rotatable bonds is 9.